The molecule has 28 heavy (non-hydrogen) atoms. The summed E-state index contributed by atoms with van der Waals surface area (Å²) >= 11 is 1.56. The molecule has 0 saturated carbocycles. The van der Waals surface area contributed by atoms with Crippen LogP contribution in [0.2, 0.25) is 0 Å². The summed E-state index contributed by atoms with van der Waals surface area (Å²) in [5.74, 6) is 1.15. The van der Waals surface area contributed by atoms with Gasteiger partial charge < -0.3 is 9.64 Å². The Bertz CT molecular complexity index is 920. The average molecular weight is 423 g/mol. The van der Waals surface area contributed by atoms with Crippen LogP contribution >= 0.6 is 11.3 Å². The van der Waals surface area contributed by atoms with E-state index >= 15 is 0 Å². The average Bonchev–Trinajstić information content (AvgIpc) is 3.26. The predicted octanol–water partition coefficient (Wildman–Crippen LogP) is 3.03. The fourth-order valence-corrected chi connectivity index (χ4v) is 5.86. The number of methoxy groups -OCH3 is 1. The van der Waals surface area contributed by atoms with Crippen LogP contribution < -0.4 is 4.74 Å². The summed E-state index contributed by atoms with van der Waals surface area (Å²) in [6, 6.07) is 7.21. The maximum Gasteiger partial charge on any atom is 0.229 e. The molecule has 1 fully saturated rings. The molecule has 0 aliphatic carbocycles. The van der Waals surface area contributed by atoms with Crippen molar-refractivity contribution >= 4 is 27.1 Å². The van der Waals surface area contributed by atoms with Crippen molar-refractivity contribution in [1.82, 2.24) is 9.88 Å². The largest absolute Gasteiger partial charge is 0.497 e. The Balaban J connectivity index is 1.78. The summed E-state index contributed by atoms with van der Waals surface area (Å²) in [5.41, 5.74) is 1.69. The molecular formula is C20H26N2O4S2. The second-order valence-electron chi connectivity index (χ2n) is 7.44. The molecule has 2 aromatic rings. The summed E-state index contributed by atoms with van der Waals surface area (Å²) < 4.78 is 29.1. The lowest BCUT2D eigenvalue weighted by Gasteiger charge is -2.28. The number of thiazole rings is 1. The Morgan fingerprint density at radius 1 is 1.32 bits per heavy atom. The number of amides is 1. The van der Waals surface area contributed by atoms with Gasteiger partial charge in [0.15, 0.2) is 9.84 Å². The molecule has 6 nitrogen and oxygen atoms in total. The minimum absolute atomic E-state index is 0.0310. The first-order chi connectivity index (χ1) is 13.3. The molecule has 1 aromatic heterocycles. The highest BCUT2D eigenvalue weighted by Gasteiger charge is 2.34. The van der Waals surface area contributed by atoms with Crippen LogP contribution in [0.25, 0.3) is 0 Å². The van der Waals surface area contributed by atoms with Crippen molar-refractivity contribution in [1.29, 1.82) is 0 Å². The molecule has 3 rings (SSSR count). The number of hydrogen-bond donors (Lipinski definition) is 0. The van der Waals surface area contributed by atoms with E-state index in [1.165, 1.54) is 0 Å². The summed E-state index contributed by atoms with van der Waals surface area (Å²) in [5, 5.41) is 2.93. The van der Waals surface area contributed by atoms with E-state index in [0.717, 1.165) is 22.0 Å². The molecule has 2 heterocycles. The van der Waals surface area contributed by atoms with Crippen LogP contribution in [-0.4, -0.2) is 48.9 Å². The van der Waals surface area contributed by atoms with E-state index in [4.69, 9.17) is 4.74 Å². The van der Waals surface area contributed by atoms with Crippen molar-refractivity contribution in [3.05, 3.63) is 45.9 Å². The van der Waals surface area contributed by atoms with Crippen LogP contribution in [0.5, 0.6) is 5.75 Å². The third-order valence-electron chi connectivity index (χ3n) is 4.88. The standard InChI is InChI=1S/C20H26N2O4S2/c1-14(2)20-21-16(12-27-20)10-19(23)22(17-8-9-28(24,25)13-17)11-15-4-6-18(26-3)7-5-15/h4-7,12,14,17H,8-11,13H2,1-3H3. The Morgan fingerprint density at radius 2 is 2.04 bits per heavy atom. The molecular weight excluding hydrogens is 396 g/mol. The van der Waals surface area contributed by atoms with Crippen molar-refractivity contribution in [3.8, 4) is 5.75 Å². The number of ether oxygens (including phenoxy) is 1. The van der Waals surface area contributed by atoms with E-state index < -0.39 is 9.84 Å². The van der Waals surface area contributed by atoms with Crippen molar-refractivity contribution in [2.45, 2.75) is 45.2 Å². The van der Waals surface area contributed by atoms with Crippen LogP contribution in [0.3, 0.4) is 0 Å². The Kier molecular flexibility index (Phi) is 6.40. The van der Waals surface area contributed by atoms with Crippen LogP contribution in [0.4, 0.5) is 0 Å². The molecule has 0 bridgehead atoms. The summed E-state index contributed by atoms with van der Waals surface area (Å²) in [6.45, 7) is 4.53. The van der Waals surface area contributed by atoms with Crippen LogP contribution in [0.15, 0.2) is 29.6 Å². The van der Waals surface area contributed by atoms with Gasteiger partial charge in [-0.15, -0.1) is 11.3 Å². The zero-order chi connectivity index (χ0) is 20.3. The number of aromatic nitrogens is 1. The molecule has 1 aromatic carbocycles. The summed E-state index contributed by atoms with van der Waals surface area (Å²) in [6.07, 6.45) is 0.675. The van der Waals surface area contributed by atoms with Gasteiger partial charge in [0.25, 0.3) is 0 Å². The second kappa shape index (κ2) is 8.61. The van der Waals surface area contributed by atoms with Crippen molar-refractivity contribution in [2.24, 2.45) is 0 Å². The van der Waals surface area contributed by atoms with E-state index in [9.17, 15) is 13.2 Å². The van der Waals surface area contributed by atoms with Crippen LogP contribution in [0, 0.1) is 0 Å². The van der Waals surface area contributed by atoms with E-state index in [2.05, 4.69) is 18.8 Å². The highest BCUT2D eigenvalue weighted by atomic mass is 32.2. The van der Waals surface area contributed by atoms with E-state index in [-0.39, 0.29) is 29.9 Å². The molecule has 1 atom stereocenters. The first kappa shape index (κ1) is 20.8. The Morgan fingerprint density at radius 3 is 2.57 bits per heavy atom. The van der Waals surface area contributed by atoms with E-state index in [0.29, 0.717) is 18.9 Å². The highest BCUT2D eigenvalue weighted by molar-refractivity contribution is 7.91. The summed E-state index contributed by atoms with van der Waals surface area (Å²) in [7, 11) is -1.48. The minimum Gasteiger partial charge on any atom is -0.497 e. The van der Waals surface area contributed by atoms with Crippen molar-refractivity contribution in [2.75, 3.05) is 18.6 Å². The molecule has 0 spiro atoms. The number of carbonyl (C=O) groups is 1. The molecule has 1 aliphatic rings. The summed E-state index contributed by atoms with van der Waals surface area (Å²) in [4.78, 5) is 19.4. The number of hydrogen-bond acceptors (Lipinski definition) is 6. The van der Waals surface area contributed by atoms with E-state index in [1.54, 1.807) is 23.3 Å². The van der Waals surface area contributed by atoms with Crippen LogP contribution in [0.1, 0.15) is 42.5 Å². The van der Waals surface area contributed by atoms with Gasteiger partial charge in [-0.2, -0.15) is 0 Å². The SMILES string of the molecule is COc1ccc(CN(C(=O)Cc2csc(C(C)C)n2)C2CCS(=O)(=O)C2)cc1. The normalized spacial score (nSPS) is 18.4. The first-order valence-electron chi connectivity index (χ1n) is 9.34. The smallest absolute Gasteiger partial charge is 0.229 e. The molecule has 1 saturated heterocycles. The molecule has 152 valence electrons. The zero-order valence-corrected chi connectivity index (χ0v) is 18.1. The Hall–Kier alpha value is -1.93. The maximum atomic E-state index is 13.1. The molecule has 0 N–H and O–H groups in total. The van der Waals surface area contributed by atoms with Gasteiger partial charge in [-0.25, -0.2) is 13.4 Å². The predicted molar refractivity (Wildman–Crippen MR) is 111 cm³/mol. The number of rotatable bonds is 7. The molecule has 1 aliphatic heterocycles. The molecule has 0 radical (unpaired) electrons. The third kappa shape index (κ3) is 5.11. The number of benzene rings is 1. The first-order valence-corrected chi connectivity index (χ1v) is 12.0. The van der Waals surface area contributed by atoms with Crippen molar-refractivity contribution < 1.29 is 17.9 Å². The lowest BCUT2D eigenvalue weighted by molar-refractivity contribution is -0.133. The van der Waals surface area contributed by atoms with E-state index in [1.807, 2.05) is 29.6 Å². The number of carbonyl (C=O) groups excluding carboxylic acids is 1. The Labute approximate surface area is 170 Å². The molecule has 8 heteroatoms. The van der Waals surface area contributed by atoms with Gasteiger partial charge in [-0.3, -0.25) is 4.79 Å². The monoisotopic (exact) mass is 422 g/mol. The third-order valence-corrected chi connectivity index (χ3v) is 7.82. The molecule has 1 amide bonds. The molecule has 1 unspecified atom stereocenters. The zero-order valence-electron chi connectivity index (χ0n) is 16.4. The maximum absolute atomic E-state index is 13.1. The van der Waals surface area contributed by atoms with Gasteiger partial charge >= 0.3 is 0 Å². The fraction of sp³-hybridized carbons (Fsp3) is 0.500. The lowest BCUT2D eigenvalue weighted by Crippen LogP contribution is -2.41. The minimum atomic E-state index is -3.08. The quantitative estimate of drug-likeness (QED) is 0.685. The lowest BCUT2D eigenvalue weighted by atomic mass is 10.1. The van der Waals surface area contributed by atoms with Gasteiger partial charge in [-0.1, -0.05) is 26.0 Å². The number of nitrogens with zero attached hydrogens (tertiary/aromatic N) is 2. The van der Waals surface area contributed by atoms with Gasteiger partial charge in [0.05, 0.1) is 35.7 Å². The second-order valence-corrected chi connectivity index (χ2v) is 10.6. The van der Waals surface area contributed by atoms with Gasteiger partial charge in [0.2, 0.25) is 5.91 Å². The number of sulfone groups is 1. The highest BCUT2D eigenvalue weighted by Crippen LogP contribution is 2.24. The van der Waals surface area contributed by atoms with Gasteiger partial charge in [0, 0.05) is 23.9 Å². The fourth-order valence-electron chi connectivity index (χ4n) is 3.30. The topological polar surface area (TPSA) is 76.6 Å². The van der Waals surface area contributed by atoms with Gasteiger partial charge in [-0.05, 0) is 24.1 Å². The van der Waals surface area contributed by atoms with Gasteiger partial charge in [0.1, 0.15) is 5.75 Å². The van der Waals surface area contributed by atoms with Crippen LogP contribution in [-0.2, 0) is 27.6 Å². The van der Waals surface area contributed by atoms with Crippen molar-refractivity contribution in [3.63, 3.8) is 0 Å².